The van der Waals surface area contributed by atoms with Crippen LogP contribution in [0.25, 0.3) is 0 Å². The molecule has 4 heteroatoms. The van der Waals surface area contributed by atoms with E-state index in [0.717, 1.165) is 28.4 Å². The Morgan fingerprint density at radius 1 is 1.33 bits per heavy atom. The molecule has 0 aliphatic carbocycles. The van der Waals surface area contributed by atoms with Gasteiger partial charge in [-0.3, -0.25) is 4.79 Å². The van der Waals surface area contributed by atoms with Crippen LogP contribution < -0.4 is 0 Å². The van der Waals surface area contributed by atoms with Crippen molar-refractivity contribution in [3.63, 3.8) is 0 Å². The van der Waals surface area contributed by atoms with Gasteiger partial charge in [-0.2, -0.15) is 0 Å². The minimum absolute atomic E-state index is 0.122. The zero-order valence-corrected chi connectivity index (χ0v) is 13.1. The fourth-order valence-electron chi connectivity index (χ4n) is 2.26. The van der Waals surface area contributed by atoms with Crippen LogP contribution in [-0.4, -0.2) is 21.2 Å². The van der Waals surface area contributed by atoms with Crippen LogP contribution in [0.5, 0.6) is 5.75 Å². The predicted octanol–water partition coefficient (Wildman–Crippen LogP) is 3.97. The van der Waals surface area contributed by atoms with Crippen LogP contribution >= 0.6 is 11.8 Å². The summed E-state index contributed by atoms with van der Waals surface area (Å²) in [6.45, 7) is 8.43. The second-order valence-electron chi connectivity index (χ2n) is 4.89. The summed E-state index contributed by atoms with van der Waals surface area (Å²) in [6, 6.07) is 8.83. The third-order valence-electron chi connectivity index (χ3n) is 3.39. The van der Waals surface area contributed by atoms with E-state index >= 15 is 0 Å². The summed E-state index contributed by atoms with van der Waals surface area (Å²) in [4.78, 5) is 13.3. The Morgan fingerprint density at radius 2 is 2.00 bits per heavy atom. The van der Waals surface area contributed by atoms with Gasteiger partial charge in [0.2, 0.25) is 0 Å². The predicted molar refractivity (Wildman–Crippen MR) is 87.3 cm³/mol. The van der Waals surface area contributed by atoms with Crippen molar-refractivity contribution in [3.8, 4) is 5.75 Å². The number of allylic oxidation sites excluding steroid dienone is 1. The number of ketones is 1. The molecule has 21 heavy (non-hydrogen) atoms. The number of aryl methyl sites for hydroxylation is 1. The number of phenols is 1. The summed E-state index contributed by atoms with van der Waals surface area (Å²) < 4.78 is 2.09. The third-order valence-corrected chi connectivity index (χ3v) is 4.40. The lowest BCUT2D eigenvalue weighted by Crippen LogP contribution is -2.06. The Kier molecular flexibility index (Phi) is 4.91. The fraction of sp³-hybridized carbons (Fsp3) is 0.235. The van der Waals surface area contributed by atoms with Crippen molar-refractivity contribution < 1.29 is 9.90 Å². The number of hydrogen-bond acceptors (Lipinski definition) is 3. The smallest absolute Gasteiger partial charge is 0.174 e. The average molecular weight is 301 g/mol. The Hall–Kier alpha value is -1.94. The monoisotopic (exact) mass is 301 g/mol. The number of hydrogen-bond donors (Lipinski definition) is 1. The number of aromatic nitrogens is 1. The number of phenolic OH excluding ortho intramolecular Hbond substituents is 1. The quantitative estimate of drug-likeness (QED) is 0.498. The fourth-order valence-corrected chi connectivity index (χ4v) is 3.04. The van der Waals surface area contributed by atoms with E-state index in [1.165, 1.54) is 11.8 Å². The number of nitrogens with zero attached hydrogens (tertiary/aromatic N) is 1. The van der Waals surface area contributed by atoms with Crippen molar-refractivity contribution in [2.45, 2.75) is 25.3 Å². The Balaban J connectivity index is 2.08. The van der Waals surface area contributed by atoms with Crippen molar-refractivity contribution in [1.29, 1.82) is 0 Å². The largest absolute Gasteiger partial charge is 0.508 e. The molecule has 1 heterocycles. The number of Topliss-reactive ketones (excluding diaryl/α,β-unsaturated/α-hetero) is 1. The van der Waals surface area contributed by atoms with Gasteiger partial charge in [0.25, 0.3) is 0 Å². The number of thioether (sulfide) groups is 1. The molecule has 0 aliphatic heterocycles. The summed E-state index contributed by atoms with van der Waals surface area (Å²) in [6.07, 6.45) is 1.83. The van der Waals surface area contributed by atoms with Crippen LogP contribution in [0.1, 0.15) is 21.7 Å². The molecule has 0 fully saturated rings. The Labute approximate surface area is 129 Å². The normalized spacial score (nSPS) is 10.6. The topological polar surface area (TPSA) is 42.2 Å². The first-order valence-corrected chi connectivity index (χ1v) is 7.74. The van der Waals surface area contributed by atoms with Crippen LogP contribution in [0.3, 0.4) is 0 Å². The molecule has 0 unspecified atom stereocenters. The average Bonchev–Trinajstić information content (AvgIpc) is 2.75. The van der Waals surface area contributed by atoms with Crippen molar-refractivity contribution in [2.75, 3.05) is 5.75 Å². The molecule has 0 radical (unpaired) electrons. The molecule has 0 saturated carbocycles. The van der Waals surface area contributed by atoms with E-state index in [-0.39, 0.29) is 11.5 Å². The maximum absolute atomic E-state index is 12.4. The van der Waals surface area contributed by atoms with Gasteiger partial charge < -0.3 is 9.67 Å². The molecule has 0 saturated heterocycles. The van der Waals surface area contributed by atoms with E-state index in [0.29, 0.717) is 5.75 Å². The van der Waals surface area contributed by atoms with Crippen LogP contribution in [0, 0.1) is 13.8 Å². The molecule has 0 bridgehead atoms. The van der Waals surface area contributed by atoms with Crippen LogP contribution in [0.2, 0.25) is 0 Å². The SMILES string of the molecule is C=CCn1c(C)cc(C(=O)CSc2ccc(O)cc2)c1C. The molecule has 0 spiro atoms. The summed E-state index contributed by atoms with van der Waals surface area (Å²) in [7, 11) is 0. The van der Waals surface area contributed by atoms with E-state index in [2.05, 4.69) is 11.1 Å². The summed E-state index contributed by atoms with van der Waals surface area (Å²) in [5, 5.41) is 9.25. The van der Waals surface area contributed by atoms with Gasteiger partial charge in [0, 0.05) is 28.4 Å². The van der Waals surface area contributed by atoms with Crippen molar-refractivity contribution in [3.05, 3.63) is 59.9 Å². The first-order chi connectivity index (χ1) is 10.0. The Morgan fingerprint density at radius 3 is 2.62 bits per heavy atom. The van der Waals surface area contributed by atoms with E-state index in [9.17, 15) is 9.90 Å². The second-order valence-corrected chi connectivity index (χ2v) is 5.94. The van der Waals surface area contributed by atoms with E-state index in [1.807, 2.05) is 38.1 Å². The molecule has 1 N–H and O–H groups in total. The van der Waals surface area contributed by atoms with Gasteiger partial charge in [0.1, 0.15) is 5.75 Å². The highest BCUT2D eigenvalue weighted by atomic mass is 32.2. The van der Waals surface area contributed by atoms with Gasteiger partial charge in [-0.15, -0.1) is 18.3 Å². The minimum atomic E-state index is 0.122. The van der Waals surface area contributed by atoms with Gasteiger partial charge in [-0.05, 0) is 44.2 Å². The van der Waals surface area contributed by atoms with Crippen molar-refractivity contribution >= 4 is 17.5 Å². The maximum Gasteiger partial charge on any atom is 0.174 e. The molecule has 0 amide bonds. The molecule has 3 nitrogen and oxygen atoms in total. The van der Waals surface area contributed by atoms with E-state index < -0.39 is 0 Å². The van der Waals surface area contributed by atoms with Gasteiger partial charge in [-0.1, -0.05) is 6.08 Å². The Bertz CT molecular complexity index is 656. The van der Waals surface area contributed by atoms with Crippen LogP contribution in [-0.2, 0) is 6.54 Å². The maximum atomic E-state index is 12.4. The molecule has 0 atom stereocenters. The molecule has 110 valence electrons. The van der Waals surface area contributed by atoms with Gasteiger partial charge in [0.15, 0.2) is 5.78 Å². The van der Waals surface area contributed by atoms with Gasteiger partial charge in [-0.25, -0.2) is 0 Å². The first kappa shape index (κ1) is 15.4. The lowest BCUT2D eigenvalue weighted by molar-refractivity contribution is 0.102. The lowest BCUT2D eigenvalue weighted by atomic mass is 10.2. The van der Waals surface area contributed by atoms with Gasteiger partial charge in [0.05, 0.1) is 5.75 Å². The molecular formula is C17H19NO2S. The van der Waals surface area contributed by atoms with Crippen molar-refractivity contribution in [2.24, 2.45) is 0 Å². The zero-order valence-electron chi connectivity index (χ0n) is 12.3. The standard InChI is InChI=1S/C17H19NO2S/c1-4-9-18-12(2)10-16(13(18)3)17(20)11-21-15-7-5-14(19)6-8-15/h4-8,10,19H,1,9,11H2,2-3H3. The molecular weight excluding hydrogens is 282 g/mol. The summed E-state index contributed by atoms with van der Waals surface area (Å²) in [5.41, 5.74) is 2.84. The third kappa shape index (κ3) is 3.58. The highest BCUT2D eigenvalue weighted by molar-refractivity contribution is 8.00. The molecule has 1 aromatic heterocycles. The molecule has 2 rings (SSSR count). The zero-order chi connectivity index (χ0) is 15.4. The number of aromatic hydroxyl groups is 1. The number of carbonyl (C=O) groups is 1. The molecule has 1 aromatic carbocycles. The number of rotatable bonds is 6. The van der Waals surface area contributed by atoms with Crippen LogP contribution in [0.4, 0.5) is 0 Å². The van der Waals surface area contributed by atoms with E-state index in [4.69, 9.17) is 0 Å². The number of benzene rings is 1. The van der Waals surface area contributed by atoms with Crippen LogP contribution in [0.15, 0.2) is 47.9 Å². The van der Waals surface area contributed by atoms with E-state index in [1.54, 1.807) is 12.1 Å². The highest BCUT2D eigenvalue weighted by Gasteiger charge is 2.15. The van der Waals surface area contributed by atoms with Crippen molar-refractivity contribution in [1.82, 2.24) is 4.57 Å². The summed E-state index contributed by atoms with van der Waals surface area (Å²) >= 11 is 1.48. The molecule has 0 aliphatic rings. The highest BCUT2D eigenvalue weighted by Crippen LogP contribution is 2.23. The first-order valence-electron chi connectivity index (χ1n) is 6.75. The van der Waals surface area contributed by atoms with Gasteiger partial charge >= 0.3 is 0 Å². The molecule has 2 aromatic rings. The number of carbonyl (C=O) groups excluding carboxylic acids is 1. The second kappa shape index (κ2) is 6.68. The summed E-state index contributed by atoms with van der Waals surface area (Å²) in [5.74, 6) is 0.749. The minimum Gasteiger partial charge on any atom is -0.508 e. The lowest BCUT2D eigenvalue weighted by Gasteiger charge is -2.06.